The van der Waals surface area contributed by atoms with Crippen molar-refractivity contribution in [3.05, 3.63) is 36.2 Å². The highest BCUT2D eigenvalue weighted by Gasteiger charge is 2.11. The molecule has 0 amide bonds. The van der Waals surface area contributed by atoms with Gasteiger partial charge in [0.05, 0.1) is 12.4 Å². The molecule has 104 valence electrons. The van der Waals surface area contributed by atoms with Crippen molar-refractivity contribution in [1.82, 2.24) is 9.97 Å². The summed E-state index contributed by atoms with van der Waals surface area (Å²) in [5.74, 6) is 2.78. The van der Waals surface area contributed by atoms with Crippen LogP contribution in [0.5, 0.6) is 11.5 Å². The molecule has 0 unspecified atom stereocenters. The van der Waals surface area contributed by atoms with Crippen molar-refractivity contribution >= 4 is 11.6 Å². The molecule has 0 fully saturated rings. The maximum absolute atomic E-state index is 5.56. The summed E-state index contributed by atoms with van der Waals surface area (Å²) >= 11 is 0. The average Bonchev–Trinajstić information content (AvgIpc) is 2.49. The fourth-order valence-corrected chi connectivity index (χ4v) is 2.01. The molecule has 6 heteroatoms. The van der Waals surface area contributed by atoms with Crippen LogP contribution in [0.1, 0.15) is 5.56 Å². The third-order valence-corrected chi connectivity index (χ3v) is 3.00. The third kappa shape index (κ3) is 2.90. The summed E-state index contributed by atoms with van der Waals surface area (Å²) in [5, 5.41) is 3.20. The van der Waals surface area contributed by atoms with Crippen molar-refractivity contribution in [2.75, 3.05) is 30.8 Å². The number of fused-ring (bicyclic) bond motifs is 1. The van der Waals surface area contributed by atoms with Crippen LogP contribution in [0.15, 0.2) is 30.6 Å². The Morgan fingerprint density at radius 3 is 2.75 bits per heavy atom. The first kappa shape index (κ1) is 12.5. The molecular weight excluding hydrogens is 256 g/mol. The van der Waals surface area contributed by atoms with Gasteiger partial charge in [0.25, 0.3) is 0 Å². The maximum atomic E-state index is 5.56. The highest BCUT2D eigenvalue weighted by molar-refractivity contribution is 5.44. The summed E-state index contributed by atoms with van der Waals surface area (Å²) in [7, 11) is 0. The minimum absolute atomic E-state index is 0.419. The Labute approximate surface area is 116 Å². The van der Waals surface area contributed by atoms with E-state index < -0.39 is 0 Å². The number of hydrogen-bond donors (Lipinski definition) is 2. The van der Waals surface area contributed by atoms with Gasteiger partial charge < -0.3 is 20.5 Å². The molecule has 0 radical (unpaired) electrons. The highest BCUT2D eigenvalue weighted by atomic mass is 16.6. The smallest absolute Gasteiger partial charge is 0.161 e. The molecule has 0 saturated carbocycles. The van der Waals surface area contributed by atoms with E-state index in [1.807, 2.05) is 18.2 Å². The molecule has 1 aromatic heterocycles. The number of nitrogens with zero attached hydrogens (tertiary/aromatic N) is 2. The Hall–Kier alpha value is -2.50. The largest absolute Gasteiger partial charge is 0.486 e. The summed E-state index contributed by atoms with van der Waals surface area (Å²) in [6, 6.07) is 6.02. The van der Waals surface area contributed by atoms with Gasteiger partial charge in [-0.25, -0.2) is 9.97 Å². The summed E-state index contributed by atoms with van der Waals surface area (Å²) in [6.07, 6.45) is 4.02. The first-order valence-corrected chi connectivity index (χ1v) is 6.51. The van der Waals surface area contributed by atoms with Gasteiger partial charge in [0.15, 0.2) is 11.5 Å². The SMILES string of the molecule is Nc1cnc(NCCc2ccc3c(c2)OCCO3)cn1. The van der Waals surface area contributed by atoms with E-state index in [1.165, 1.54) is 11.8 Å². The number of nitrogen functional groups attached to an aromatic ring is 1. The average molecular weight is 272 g/mol. The lowest BCUT2D eigenvalue weighted by Gasteiger charge is -2.18. The van der Waals surface area contributed by atoms with Crippen molar-refractivity contribution in [3.63, 3.8) is 0 Å². The molecule has 6 nitrogen and oxygen atoms in total. The molecule has 0 bridgehead atoms. The van der Waals surface area contributed by atoms with Gasteiger partial charge in [0, 0.05) is 6.54 Å². The summed E-state index contributed by atoms with van der Waals surface area (Å²) in [6.45, 7) is 1.98. The monoisotopic (exact) mass is 272 g/mol. The van der Waals surface area contributed by atoms with Crippen LogP contribution in [0.3, 0.4) is 0 Å². The standard InChI is InChI=1S/C14H16N4O2/c15-13-8-18-14(9-17-13)16-4-3-10-1-2-11-12(7-10)20-6-5-19-11/h1-2,7-9H,3-6H2,(H2,15,17)(H,16,18). The van der Waals surface area contributed by atoms with Crippen molar-refractivity contribution in [2.45, 2.75) is 6.42 Å². The number of aromatic nitrogens is 2. The highest BCUT2D eigenvalue weighted by Crippen LogP contribution is 2.30. The first-order valence-electron chi connectivity index (χ1n) is 6.51. The minimum atomic E-state index is 0.419. The van der Waals surface area contributed by atoms with Crippen LogP contribution in [0.4, 0.5) is 11.6 Å². The number of anilines is 2. The molecule has 1 aliphatic rings. The van der Waals surface area contributed by atoms with Gasteiger partial charge in [-0.2, -0.15) is 0 Å². The molecule has 2 heterocycles. The molecule has 1 aromatic carbocycles. The number of nitrogens with one attached hydrogen (secondary N) is 1. The Morgan fingerprint density at radius 2 is 1.95 bits per heavy atom. The first-order chi connectivity index (χ1) is 9.81. The van der Waals surface area contributed by atoms with E-state index in [1.54, 1.807) is 6.20 Å². The molecule has 20 heavy (non-hydrogen) atoms. The lowest BCUT2D eigenvalue weighted by Crippen LogP contribution is -2.15. The quantitative estimate of drug-likeness (QED) is 0.877. The van der Waals surface area contributed by atoms with E-state index in [0.29, 0.717) is 19.0 Å². The molecule has 2 aromatic rings. The molecule has 0 saturated heterocycles. The van der Waals surface area contributed by atoms with E-state index in [4.69, 9.17) is 15.2 Å². The zero-order valence-corrected chi connectivity index (χ0v) is 11.0. The summed E-state index contributed by atoms with van der Waals surface area (Å²) in [4.78, 5) is 8.12. The van der Waals surface area contributed by atoms with E-state index in [0.717, 1.165) is 30.3 Å². The fourth-order valence-electron chi connectivity index (χ4n) is 2.01. The van der Waals surface area contributed by atoms with Crippen LogP contribution in [-0.2, 0) is 6.42 Å². The van der Waals surface area contributed by atoms with Gasteiger partial charge in [-0.15, -0.1) is 0 Å². The number of nitrogens with two attached hydrogens (primary N) is 1. The van der Waals surface area contributed by atoms with Gasteiger partial charge in [0.2, 0.25) is 0 Å². The van der Waals surface area contributed by atoms with Crippen LogP contribution in [0.25, 0.3) is 0 Å². The van der Waals surface area contributed by atoms with Crippen molar-refractivity contribution in [2.24, 2.45) is 0 Å². The van der Waals surface area contributed by atoms with E-state index in [2.05, 4.69) is 15.3 Å². The molecule has 3 rings (SSSR count). The van der Waals surface area contributed by atoms with E-state index in [-0.39, 0.29) is 0 Å². The summed E-state index contributed by atoms with van der Waals surface area (Å²) in [5.41, 5.74) is 6.67. The normalized spacial score (nSPS) is 13.0. The topological polar surface area (TPSA) is 82.3 Å². The fraction of sp³-hybridized carbons (Fsp3) is 0.286. The zero-order chi connectivity index (χ0) is 13.8. The van der Waals surface area contributed by atoms with Gasteiger partial charge in [-0.05, 0) is 24.1 Å². The van der Waals surface area contributed by atoms with Crippen molar-refractivity contribution in [1.29, 1.82) is 0 Å². The van der Waals surface area contributed by atoms with Crippen LogP contribution >= 0.6 is 0 Å². The van der Waals surface area contributed by atoms with Crippen LogP contribution < -0.4 is 20.5 Å². The summed E-state index contributed by atoms with van der Waals surface area (Å²) < 4.78 is 11.1. The molecule has 0 atom stereocenters. The molecule has 0 aliphatic carbocycles. The second kappa shape index (κ2) is 5.64. The number of rotatable bonds is 4. The van der Waals surface area contributed by atoms with Crippen molar-refractivity contribution < 1.29 is 9.47 Å². The van der Waals surface area contributed by atoms with Crippen molar-refractivity contribution in [3.8, 4) is 11.5 Å². The van der Waals surface area contributed by atoms with Crippen LogP contribution in [-0.4, -0.2) is 29.7 Å². The van der Waals surface area contributed by atoms with Crippen LogP contribution in [0.2, 0.25) is 0 Å². The Morgan fingerprint density at radius 1 is 1.10 bits per heavy atom. The van der Waals surface area contributed by atoms with Gasteiger partial charge in [-0.3, -0.25) is 0 Å². The zero-order valence-electron chi connectivity index (χ0n) is 11.0. The van der Waals surface area contributed by atoms with E-state index in [9.17, 15) is 0 Å². The Bertz CT molecular complexity index is 586. The third-order valence-electron chi connectivity index (χ3n) is 3.00. The Kier molecular flexibility index (Phi) is 3.54. The maximum Gasteiger partial charge on any atom is 0.161 e. The second-order valence-corrected chi connectivity index (χ2v) is 4.48. The van der Waals surface area contributed by atoms with Gasteiger partial charge in [-0.1, -0.05) is 6.07 Å². The van der Waals surface area contributed by atoms with E-state index >= 15 is 0 Å². The molecule has 3 N–H and O–H groups in total. The molecular formula is C14H16N4O2. The lowest BCUT2D eigenvalue weighted by molar-refractivity contribution is 0.171. The van der Waals surface area contributed by atoms with Gasteiger partial charge in [0.1, 0.15) is 24.8 Å². The minimum Gasteiger partial charge on any atom is -0.486 e. The molecule has 1 aliphatic heterocycles. The number of hydrogen-bond acceptors (Lipinski definition) is 6. The Balaban J connectivity index is 1.57. The number of ether oxygens (including phenoxy) is 2. The second-order valence-electron chi connectivity index (χ2n) is 4.48. The predicted octanol–water partition coefficient (Wildman–Crippen LogP) is 1.48. The van der Waals surface area contributed by atoms with Crippen LogP contribution in [0, 0.1) is 0 Å². The predicted molar refractivity (Wildman–Crippen MR) is 76.1 cm³/mol. The number of benzene rings is 1. The lowest BCUT2D eigenvalue weighted by atomic mass is 10.1. The molecule has 0 spiro atoms. The van der Waals surface area contributed by atoms with Gasteiger partial charge >= 0.3 is 0 Å².